The summed E-state index contributed by atoms with van der Waals surface area (Å²) in [5.74, 6) is 0.530. The van der Waals surface area contributed by atoms with Crippen LogP contribution >= 0.6 is 0 Å². The minimum absolute atomic E-state index is 0.0204. The molecule has 0 radical (unpaired) electrons. The second-order valence-corrected chi connectivity index (χ2v) is 29.2. The Labute approximate surface area is 343 Å². The number of imidazole rings is 1. The zero-order valence-electron chi connectivity index (χ0n) is 35.2. The summed E-state index contributed by atoms with van der Waals surface area (Å²) in [5, 5.41) is 9.22. The van der Waals surface area contributed by atoms with Crippen LogP contribution in [-0.2, 0) is 53.8 Å². The molecule has 14 heteroatoms. The number of hydrogen-bond acceptors (Lipinski definition) is 7. The maximum Gasteiger partial charge on any atom is 0.318 e. The lowest BCUT2D eigenvalue weighted by atomic mass is 9.96. The van der Waals surface area contributed by atoms with Crippen LogP contribution in [0.5, 0.6) is 5.75 Å². The number of fused-ring (bicyclic) bond motifs is 2. The van der Waals surface area contributed by atoms with E-state index in [9.17, 15) is 4.79 Å². The molecule has 1 atom stereocenters. The molecule has 0 saturated carbocycles. The molecule has 310 valence electrons. The maximum absolute atomic E-state index is 15.8. The molecule has 1 fully saturated rings. The van der Waals surface area contributed by atoms with E-state index in [0.717, 1.165) is 63.1 Å². The van der Waals surface area contributed by atoms with E-state index < -0.39 is 22.0 Å². The first-order chi connectivity index (χ1) is 27.8. The van der Waals surface area contributed by atoms with Gasteiger partial charge in [-0.2, -0.15) is 5.10 Å². The summed E-state index contributed by atoms with van der Waals surface area (Å²) in [4.78, 5) is 20.3. The van der Waals surface area contributed by atoms with Gasteiger partial charge in [-0.1, -0.05) is 82.6 Å². The van der Waals surface area contributed by atoms with Gasteiger partial charge in [-0.25, -0.2) is 18.9 Å². The molecule has 2 aromatic heterocycles. The summed E-state index contributed by atoms with van der Waals surface area (Å²) in [5.41, 5.74) is 7.01. The molecule has 11 nitrogen and oxygen atoms in total. The third-order valence-corrected chi connectivity index (χ3v) is 14.3. The highest BCUT2D eigenvalue weighted by molar-refractivity contribution is 6.76. The summed E-state index contributed by atoms with van der Waals surface area (Å²) >= 11 is 0. The number of benzene rings is 3. The number of aryl methyl sites for hydroxylation is 1. The maximum atomic E-state index is 15.8. The minimum Gasteiger partial charge on any atom is -0.486 e. The zero-order valence-corrected chi connectivity index (χ0v) is 37.2. The number of rotatable bonds is 17. The summed E-state index contributed by atoms with van der Waals surface area (Å²) in [6, 6.07) is 21.3. The van der Waals surface area contributed by atoms with Gasteiger partial charge < -0.3 is 33.7 Å². The van der Waals surface area contributed by atoms with Gasteiger partial charge >= 0.3 is 6.03 Å². The highest BCUT2D eigenvalue weighted by atomic mass is 28.3. The fraction of sp³-hybridized carbons (Fsp3) is 0.477. The van der Waals surface area contributed by atoms with Gasteiger partial charge in [0.15, 0.2) is 17.4 Å². The summed E-state index contributed by atoms with van der Waals surface area (Å²) in [6.45, 7) is 20.2. The Morgan fingerprint density at radius 2 is 1.69 bits per heavy atom. The van der Waals surface area contributed by atoms with Crippen LogP contribution in [0, 0.1) is 5.82 Å². The first-order valence-corrected chi connectivity index (χ1v) is 28.0. The van der Waals surface area contributed by atoms with Gasteiger partial charge in [-0.3, -0.25) is 0 Å². The van der Waals surface area contributed by atoms with Crippen LogP contribution in [0.25, 0.3) is 33.5 Å². The Morgan fingerprint density at radius 1 is 0.948 bits per heavy atom. The predicted molar refractivity (Wildman–Crippen MR) is 232 cm³/mol. The van der Waals surface area contributed by atoms with Gasteiger partial charge in [0.05, 0.1) is 42.6 Å². The number of carbonyl (C=O) groups excluding carboxylic acids is 1. The van der Waals surface area contributed by atoms with E-state index in [0.29, 0.717) is 64.2 Å². The molecule has 5 aromatic rings. The van der Waals surface area contributed by atoms with Crippen molar-refractivity contribution in [2.75, 3.05) is 26.4 Å². The van der Waals surface area contributed by atoms with Crippen LogP contribution in [0.2, 0.25) is 51.4 Å². The van der Waals surface area contributed by atoms with E-state index in [1.807, 2.05) is 47.1 Å². The zero-order chi connectivity index (χ0) is 41.0. The standard InChI is InChI=1S/C44H59FN6O5Si2/c1-8-32-23-41(56-27-31-12-10-9-11-13-31)37(45)24-36(32)33-14-15-35-39(22-33)51(30-55-19-21-58(5,6)7)48-42(35)43-47-38-25-49(44(52)46-34-16-17-53-28-34)26-40(38)50(43)29-54-18-20-57(2,3)4/h9-15,22-24,34H,8,16-21,25-30H2,1-7H3,(H,46,52). The normalized spacial score (nSPS) is 15.7. The van der Waals surface area contributed by atoms with Crippen LogP contribution in [0.4, 0.5) is 9.18 Å². The molecule has 2 aliphatic heterocycles. The average Bonchev–Trinajstić information content (AvgIpc) is 3.98. The molecular weight excluding hydrogens is 768 g/mol. The number of carbonyl (C=O) groups is 1. The lowest BCUT2D eigenvalue weighted by molar-refractivity contribution is 0.0814. The van der Waals surface area contributed by atoms with E-state index in [-0.39, 0.29) is 31.2 Å². The molecule has 58 heavy (non-hydrogen) atoms. The Hall–Kier alpha value is -4.35. The van der Waals surface area contributed by atoms with Gasteiger partial charge in [-0.15, -0.1) is 0 Å². The van der Waals surface area contributed by atoms with E-state index in [1.165, 1.54) is 0 Å². The van der Waals surface area contributed by atoms with Crippen molar-refractivity contribution in [3.8, 4) is 28.4 Å². The largest absolute Gasteiger partial charge is 0.486 e. The van der Waals surface area contributed by atoms with E-state index in [4.69, 9.17) is 29.0 Å². The monoisotopic (exact) mass is 826 g/mol. The van der Waals surface area contributed by atoms with E-state index >= 15 is 4.39 Å². The second kappa shape index (κ2) is 17.9. The van der Waals surface area contributed by atoms with Crippen molar-refractivity contribution in [1.29, 1.82) is 0 Å². The van der Waals surface area contributed by atoms with E-state index in [2.05, 4.69) is 68.2 Å². The molecule has 7 rings (SSSR count). The lowest BCUT2D eigenvalue weighted by Crippen LogP contribution is -2.43. The fourth-order valence-corrected chi connectivity index (χ4v) is 8.82. The number of nitrogens with zero attached hydrogens (tertiary/aromatic N) is 5. The Kier molecular flexibility index (Phi) is 12.9. The summed E-state index contributed by atoms with van der Waals surface area (Å²) in [7, 11) is -2.65. The van der Waals surface area contributed by atoms with Gasteiger partial charge in [0.25, 0.3) is 0 Å². The summed E-state index contributed by atoms with van der Waals surface area (Å²) in [6.07, 6.45) is 1.51. The molecule has 1 N–H and O–H groups in total. The molecule has 1 unspecified atom stereocenters. The number of aromatic nitrogens is 4. The van der Waals surface area contributed by atoms with Crippen molar-refractivity contribution in [3.63, 3.8) is 0 Å². The molecule has 3 aromatic carbocycles. The van der Waals surface area contributed by atoms with Crippen LogP contribution in [0.1, 0.15) is 35.9 Å². The molecule has 2 amide bonds. The number of hydrogen-bond donors (Lipinski definition) is 1. The lowest BCUT2D eigenvalue weighted by Gasteiger charge is -2.20. The Balaban J connectivity index is 1.23. The van der Waals surface area contributed by atoms with E-state index in [1.54, 1.807) is 11.0 Å². The molecule has 0 spiro atoms. The van der Waals surface area contributed by atoms with Crippen molar-refractivity contribution in [2.24, 2.45) is 0 Å². The number of amides is 2. The van der Waals surface area contributed by atoms with Gasteiger partial charge in [-0.05, 0) is 71.4 Å². The fourth-order valence-electron chi connectivity index (χ4n) is 7.31. The summed E-state index contributed by atoms with van der Waals surface area (Å²) < 4.78 is 43.9. The van der Waals surface area contributed by atoms with Gasteiger partial charge in [0, 0.05) is 41.4 Å². The highest BCUT2D eigenvalue weighted by Crippen LogP contribution is 2.37. The molecule has 0 bridgehead atoms. The second-order valence-electron chi connectivity index (χ2n) is 18.0. The van der Waals surface area contributed by atoms with Crippen LogP contribution in [-0.4, -0.2) is 78.9 Å². The molecule has 4 heterocycles. The first-order valence-electron chi connectivity index (χ1n) is 20.6. The quantitative estimate of drug-likeness (QED) is 0.0737. The molecule has 1 saturated heterocycles. The molecule has 2 aliphatic rings. The van der Waals surface area contributed by atoms with Gasteiger partial charge in [0.2, 0.25) is 0 Å². The topological polar surface area (TPSA) is 105 Å². The number of nitrogens with one attached hydrogen (secondary N) is 1. The molecular formula is C44H59FN6O5Si2. The Morgan fingerprint density at radius 3 is 2.38 bits per heavy atom. The van der Waals surface area contributed by atoms with Crippen LogP contribution in [0.3, 0.4) is 0 Å². The van der Waals surface area contributed by atoms with Gasteiger partial charge in [0.1, 0.15) is 25.8 Å². The van der Waals surface area contributed by atoms with Crippen LogP contribution < -0.4 is 10.1 Å². The SMILES string of the molecule is CCc1cc(OCc2ccccc2)c(F)cc1-c1ccc2c(-c3nc4c(n3COCC[Si](C)(C)C)CN(C(=O)NC3CCOC3)C4)nn(COCC[Si](C)(C)C)c2c1. The van der Waals surface area contributed by atoms with Crippen molar-refractivity contribution in [3.05, 3.63) is 89.0 Å². The highest BCUT2D eigenvalue weighted by Gasteiger charge is 2.33. The first kappa shape index (κ1) is 41.8. The van der Waals surface area contributed by atoms with Crippen molar-refractivity contribution >= 4 is 33.1 Å². The third-order valence-electron chi connectivity index (χ3n) is 10.9. The van der Waals surface area contributed by atoms with Crippen molar-refractivity contribution in [1.82, 2.24) is 29.5 Å². The Bertz CT molecular complexity index is 2210. The van der Waals surface area contributed by atoms with Crippen molar-refractivity contribution in [2.45, 2.75) is 110 Å². The number of ether oxygens (including phenoxy) is 4. The third kappa shape index (κ3) is 10.1. The molecule has 0 aliphatic carbocycles. The van der Waals surface area contributed by atoms with Crippen LogP contribution in [0.15, 0.2) is 60.7 Å². The minimum atomic E-state index is -1.33. The smallest absolute Gasteiger partial charge is 0.318 e. The predicted octanol–water partition coefficient (Wildman–Crippen LogP) is 9.29. The van der Waals surface area contributed by atoms with Crippen molar-refractivity contribution < 1.29 is 28.1 Å². The average molecular weight is 827 g/mol. The number of urea groups is 1. The number of halogens is 1.